The molecule has 0 aliphatic carbocycles. The van der Waals surface area contributed by atoms with Crippen LogP contribution < -0.4 is 11.5 Å². The highest BCUT2D eigenvalue weighted by Crippen LogP contribution is 2.21. The lowest BCUT2D eigenvalue weighted by Gasteiger charge is -2.24. The number of aliphatic imine (C=N–C) groups is 1. The molecule has 1 aromatic heterocycles. The third-order valence-electron chi connectivity index (χ3n) is 2.03. The summed E-state index contributed by atoms with van der Waals surface area (Å²) < 4.78 is 0. The standard InChI is InChI=1S/C8H11N5/c1-8(10)2-5-6(3-13-8)11-4-12-7(5)9/h3-4H,2,10H2,1H3,(H2,9,11,12). The topological polar surface area (TPSA) is 90.2 Å². The zero-order valence-corrected chi connectivity index (χ0v) is 7.36. The molecule has 1 aliphatic rings. The fourth-order valence-electron chi connectivity index (χ4n) is 1.34. The fraction of sp³-hybridized carbons (Fsp3) is 0.375. The van der Waals surface area contributed by atoms with Crippen LogP contribution in [0.1, 0.15) is 18.2 Å². The smallest absolute Gasteiger partial charge is 0.130 e. The lowest BCUT2D eigenvalue weighted by atomic mass is 9.99. The van der Waals surface area contributed by atoms with Crippen molar-refractivity contribution in [1.82, 2.24) is 9.97 Å². The predicted molar refractivity (Wildman–Crippen MR) is 50.3 cm³/mol. The molecular formula is C8H11N5. The van der Waals surface area contributed by atoms with Crippen molar-refractivity contribution in [1.29, 1.82) is 0 Å². The minimum absolute atomic E-state index is 0.493. The first kappa shape index (κ1) is 8.12. The molecule has 5 heteroatoms. The lowest BCUT2D eigenvalue weighted by Crippen LogP contribution is -2.39. The van der Waals surface area contributed by atoms with Gasteiger partial charge >= 0.3 is 0 Å². The van der Waals surface area contributed by atoms with Gasteiger partial charge in [0.05, 0.1) is 5.69 Å². The van der Waals surface area contributed by atoms with Crippen LogP contribution >= 0.6 is 0 Å². The van der Waals surface area contributed by atoms with Crippen molar-refractivity contribution < 1.29 is 0 Å². The highest BCUT2D eigenvalue weighted by Gasteiger charge is 2.24. The van der Waals surface area contributed by atoms with Crippen LogP contribution in [-0.4, -0.2) is 21.8 Å². The molecule has 2 rings (SSSR count). The fourth-order valence-corrected chi connectivity index (χ4v) is 1.34. The minimum atomic E-state index is -0.578. The van der Waals surface area contributed by atoms with E-state index in [1.54, 1.807) is 6.21 Å². The molecule has 5 nitrogen and oxygen atoms in total. The maximum atomic E-state index is 5.85. The molecule has 4 N–H and O–H groups in total. The van der Waals surface area contributed by atoms with E-state index in [0.29, 0.717) is 12.2 Å². The molecule has 1 atom stereocenters. The summed E-state index contributed by atoms with van der Waals surface area (Å²) in [6.45, 7) is 1.85. The molecule has 0 spiro atoms. The second-order valence-corrected chi connectivity index (χ2v) is 3.41. The molecule has 2 heterocycles. The van der Waals surface area contributed by atoms with Gasteiger partial charge in [0, 0.05) is 18.2 Å². The molecule has 0 aromatic carbocycles. The molecule has 0 bridgehead atoms. The summed E-state index contributed by atoms with van der Waals surface area (Å²) in [5.41, 5.74) is 12.6. The van der Waals surface area contributed by atoms with E-state index in [2.05, 4.69) is 15.0 Å². The van der Waals surface area contributed by atoms with Crippen LogP contribution in [0, 0.1) is 0 Å². The van der Waals surface area contributed by atoms with Gasteiger partial charge in [-0.15, -0.1) is 0 Å². The Labute approximate surface area is 75.9 Å². The van der Waals surface area contributed by atoms with E-state index in [4.69, 9.17) is 11.5 Å². The Kier molecular flexibility index (Phi) is 1.56. The summed E-state index contributed by atoms with van der Waals surface area (Å²) in [6, 6.07) is 0. The molecule has 1 unspecified atom stereocenters. The van der Waals surface area contributed by atoms with Crippen molar-refractivity contribution in [2.45, 2.75) is 19.0 Å². The van der Waals surface area contributed by atoms with Crippen molar-refractivity contribution >= 4 is 12.0 Å². The Bertz CT molecular complexity index is 369. The quantitative estimate of drug-likeness (QED) is 0.569. The molecule has 0 amide bonds. The van der Waals surface area contributed by atoms with Gasteiger partial charge in [0.25, 0.3) is 0 Å². The van der Waals surface area contributed by atoms with E-state index >= 15 is 0 Å². The number of nitrogens with zero attached hydrogens (tertiary/aromatic N) is 3. The van der Waals surface area contributed by atoms with Crippen LogP contribution in [0.15, 0.2) is 11.3 Å². The van der Waals surface area contributed by atoms with Crippen LogP contribution in [-0.2, 0) is 6.42 Å². The van der Waals surface area contributed by atoms with Crippen LogP contribution in [0.3, 0.4) is 0 Å². The number of anilines is 1. The Balaban J connectivity index is 2.54. The van der Waals surface area contributed by atoms with Crippen molar-refractivity contribution in [3.05, 3.63) is 17.6 Å². The third kappa shape index (κ3) is 1.38. The number of fused-ring (bicyclic) bond motifs is 1. The Morgan fingerprint density at radius 1 is 1.46 bits per heavy atom. The molecule has 68 valence electrons. The van der Waals surface area contributed by atoms with Crippen molar-refractivity contribution in [2.24, 2.45) is 10.7 Å². The second kappa shape index (κ2) is 2.50. The van der Waals surface area contributed by atoms with Crippen LogP contribution in [0.2, 0.25) is 0 Å². The van der Waals surface area contributed by atoms with Gasteiger partial charge in [0.1, 0.15) is 17.8 Å². The van der Waals surface area contributed by atoms with Crippen LogP contribution in [0.5, 0.6) is 0 Å². The third-order valence-corrected chi connectivity index (χ3v) is 2.03. The Morgan fingerprint density at radius 2 is 2.23 bits per heavy atom. The lowest BCUT2D eigenvalue weighted by molar-refractivity contribution is 0.485. The summed E-state index contributed by atoms with van der Waals surface area (Å²) in [5, 5.41) is 0. The zero-order chi connectivity index (χ0) is 9.47. The predicted octanol–water partition coefficient (Wildman–Crippen LogP) is -0.291. The largest absolute Gasteiger partial charge is 0.383 e. The van der Waals surface area contributed by atoms with E-state index in [1.807, 2.05) is 6.92 Å². The molecule has 1 aliphatic heterocycles. The SMILES string of the molecule is CC1(N)Cc2c(N)ncnc2C=N1. The van der Waals surface area contributed by atoms with Gasteiger partial charge in [-0.3, -0.25) is 4.99 Å². The van der Waals surface area contributed by atoms with Gasteiger partial charge in [-0.25, -0.2) is 9.97 Å². The molecule has 0 fully saturated rings. The first-order chi connectivity index (χ1) is 6.08. The molecule has 1 aromatic rings. The summed E-state index contributed by atoms with van der Waals surface area (Å²) in [4.78, 5) is 12.1. The van der Waals surface area contributed by atoms with E-state index in [1.165, 1.54) is 6.33 Å². The molecule has 0 radical (unpaired) electrons. The van der Waals surface area contributed by atoms with Gasteiger partial charge < -0.3 is 11.5 Å². The number of nitrogens with two attached hydrogens (primary N) is 2. The van der Waals surface area contributed by atoms with Gasteiger partial charge in [-0.2, -0.15) is 0 Å². The van der Waals surface area contributed by atoms with Crippen LogP contribution in [0.4, 0.5) is 5.82 Å². The summed E-state index contributed by atoms with van der Waals surface area (Å²) >= 11 is 0. The molecular weight excluding hydrogens is 166 g/mol. The zero-order valence-electron chi connectivity index (χ0n) is 7.36. The summed E-state index contributed by atoms with van der Waals surface area (Å²) in [6.07, 6.45) is 3.67. The molecule has 13 heavy (non-hydrogen) atoms. The maximum Gasteiger partial charge on any atom is 0.130 e. The van der Waals surface area contributed by atoms with Gasteiger partial charge in [-0.1, -0.05) is 0 Å². The average Bonchev–Trinajstić information content (AvgIpc) is 2.06. The van der Waals surface area contributed by atoms with E-state index in [9.17, 15) is 0 Å². The number of hydrogen-bond donors (Lipinski definition) is 2. The second-order valence-electron chi connectivity index (χ2n) is 3.41. The Hall–Kier alpha value is -1.49. The first-order valence-electron chi connectivity index (χ1n) is 4.02. The average molecular weight is 177 g/mol. The van der Waals surface area contributed by atoms with Gasteiger partial charge in [0.2, 0.25) is 0 Å². The number of hydrogen-bond acceptors (Lipinski definition) is 5. The van der Waals surface area contributed by atoms with Crippen LogP contribution in [0.25, 0.3) is 0 Å². The van der Waals surface area contributed by atoms with E-state index < -0.39 is 5.66 Å². The summed E-state index contributed by atoms with van der Waals surface area (Å²) in [5.74, 6) is 0.493. The normalized spacial score (nSPS) is 25.7. The molecule has 0 saturated heterocycles. The van der Waals surface area contributed by atoms with Crippen molar-refractivity contribution in [3.63, 3.8) is 0 Å². The highest BCUT2D eigenvalue weighted by molar-refractivity contribution is 5.82. The number of nitrogen functional groups attached to an aromatic ring is 1. The highest BCUT2D eigenvalue weighted by atomic mass is 15.0. The van der Waals surface area contributed by atoms with E-state index in [0.717, 1.165) is 11.3 Å². The van der Waals surface area contributed by atoms with E-state index in [-0.39, 0.29) is 0 Å². The minimum Gasteiger partial charge on any atom is -0.383 e. The first-order valence-corrected chi connectivity index (χ1v) is 4.02. The monoisotopic (exact) mass is 177 g/mol. The summed E-state index contributed by atoms with van der Waals surface area (Å²) in [7, 11) is 0. The Morgan fingerprint density at radius 3 is 3.00 bits per heavy atom. The van der Waals surface area contributed by atoms with Gasteiger partial charge in [-0.05, 0) is 6.92 Å². The van der Waals surface area contributed by atoms with Gasteiger partial charge in [0.15, 0.2) is 0 Å². The maximum absolute atomic E-state index is 5.85. The number of rotatable bonds is 0. The van der Waals surface area contributed by atoms with Crippen molar-refractivity contribution in [2.75, 3.05) is 5.73 Å². The molecule has 0 saturated carbocycles. The van der Waals surface area contributed by atoms with Crippen molar-refractivity contribution in [3.8, 4) is 0 Å². The number of aromatic nitrogens is 2.